The maximum absolute atomic E-state index is 13.1. The number of rotatable bonds is 8. The van der Waals surface area contributed by atoms with Crippen LogP contribution in [0.25, 0.3) is 0 Å². The summed E-state index contributed by atoms with van der Waals surface area (Å²) < 4.78 is 30.1. The van der Waals surface area contributed by atoms with Crippen LogP contribution in [0.3, 0.4) is 0 Å². The van der Waals surface area contributed by atoms with Gasteiger partial charge in [0.25, 0.3) is 0 Å². The molecule has 3 aromatic carbocycles. The molecule has 8 heteroatoms. The van der Waals surface area contributed by atoms with Crippen molar-refractivity contribution in [2.75, 3.05) is 0 Å². The van der Waals surface area contributed by atoms with Gasteiger partial charge in [-0.1, -0.05) is 74.3 Å². The van der Waals surface area contributed by atoms with Crippen molar-refractivity contribution in [3.05, 3.63) is 98.9 Å². The highest BCUT2D eigenvalue weighted by molar-refractivity contribution is 9.10. The molecule has 0 heterocycles. The van der Waals surface area contributed by atoms with Gasteiger partial charge in [0, 0.05) is 8.95 Å². The molecule has 0 aliphatic carbocycles. The van der Waals surface area contributed by atoms with Crippen molar-refractivity contribution in [3.8, 4) is 0 Å². The number of carbonyl (C=O) groups excluding carboxylic acids is 1. The van der Waals surface area contributed by atoms with Crippen LogP contribution in [-0.4, -0.2) is 20.4 Å². The van der Waals surface area contributed by atoms with E-state index in [4.69, 9.17) is 0 Å². The van der Waals surface area contributed by atoms with Crippen LogP contribution < -0.4 is 10.0 Å². The predicted octanol–water partition coefficient (Wildman–Crippen LogP) is 4.98. The summed E-state index contributed by atoms with van der Waals surface area (Å²) in [5.41, 5.74) is 1.77. The summed E-state index contributed by atoms with van der Waals surface area (Å²) in [6.45, 7) is 1.86. The van der Waals surface area contributed by atoms with Crippen LogP contribution in [0.2, 0.25) is 0 Å². The quantitative estimate of drug-likeness (QED) is 0.404. The molecule has 3 aromatic rings. The topological polar surface area (TPSA) is 75.3 Å². The second-order valence-corrected chi connectivity index (χ2v) is 10.6. The van der Waals surface area contributed by atoms with Gasteiger partial charge in [0.05, 0.1) is 10.9 Å². The fraction of sp³-hybridized carbons (Fsp3) is 0.174. The molecule has 5 nitrogen and oxygen atoms in total. The molecule has 3 rings (SSSR count). The Kier molecular flexibility index (Phi) is 8.05. The molecule has 0 aliphatic heterocycles. The van der Waals surface area contributed by atoms with Crippen molar-refractivity contribution in [2.24, 2.45) is 0 Å². The van der Waals surface area contributed by atoms with Gasteiger partial charge in [-0.25, -0.2) is 8.42 Å². The van der Waals surface area contributed by atoms with Crippen LogP contribution in [0.15, 0.2) is 92.7 Å². The van der Waals surface area contributed by atoms with Crippen molar-refractivity contribution in [3.63, 3.8) is 0 Å². The molecule has 2 atom stereocenters. The molecule has 31 heavy (non-hydrogen) atoms. The van der Waals surface area contributed by atoms with Crippen LogP contribution in [0, 0.1) is 0 Å². The molecule has 0 saturated heterocycles. The number of halogens is 2. The van der Waals surface area contributed by atoms with E-state index in [0.717, 1.165) is 20.1 Å². The summed E-state index contributed by atoms with van der Waals surface area (Å²) in [5, 5.41) is 2.93. The molecule has 0 bridgehead atoms. The molecule has 2 N–H and O–H groups in total. The molecule has 0 radical (unpaired) electrons. The van der Waals surface area contributed by atoms with Crippen LogP contribution in [0.1, 0.15) is 24.1 Å². The van der Waals surface area contributed by atoms with Gasteiger partial charge in [-0.3, -0.25) is 4.79 Å². The van der Waals surface area contributed by atoms with E-state index in [1.54, 1.807) is 12.1 Å². The maximum Gasteiger partial charge on any atom is 0.241 e. The molecule has 162 valence electrons. The predicted molar refractivity (Wildman–Crippen MR) is 129 cm³/mol. The first-order valence-electron chi connectivity index (χ1n) is 9.62. The van der Waals surface area contributed by atoms with Gasteiger partial charge >= 0.3 is 0 Å². The second-order valence-electron chi connectivity index (χ2n) is 7.10. The Labute approximate surface area is 199 Å². The minimum Gasteiger partial charge on any atom is -0.348 e. The number of carbonyl (C=O) groups is 1. The Morgan fingerprint density at radius 2 is 1.58 bits per heavy atom. The van der Waals surface area contributed by atoms with Crippen molar-refractivity contribution < 1.29 is 13.2 Å². The molecular formula is C23H22Br2N2O3S. The minimum atomic E-state index is -3.89. The van der Waals surface area contributed by atoms with Crippen LogP contribution in [0.4, 0.5) is 0 Å². The maximum atomic E-state index is 13.1. The molecule has 1 amide bonds. The standard InChI is InChI=1S/C23H22Br2N2O3S/c1-16(18-8-5-9-20(25)15-18)26-23(28)22(14-17-6-3-2-4-7-17)27-31(29,30)21-12-10-19(24)11-13-21/h2-13,15-16,22,27H,14H2,1H3,(H,26,28)/t16-,22+/m0/s1. The smallest absolute Gasteiger partial charge is 0.241 e. The molecule has 0 fully saturated rings. The zero-order valence-corrected chi connectivity index (χ0v) is 20.7. The van der Waals surface area contributed by atoms with Crippen molar-refractivity contribution in [1.29, 1.82) is 0 Å². The van der Waals surface area contributed by atoms with Crippen molar-refractivity contribution >= 4 is 47.8 Å². The lowest BCUT2D eigenvalue weighted by Crippen LogP contribution is -2.48. The molecule has 0 aliphatic rings. The van der Waals surface area contributed by atoms with E-state index in [1.165, 1.54) is 12.1 Å². The Balaban J connectivity index is 1.83. The average Bonchev–Trinajstić information content (AvgIpc) is 2.74. The van der Waals surface area contributed by atoms with E-state index in [9.17, 15) is 13.2 Å². The number of sulfonamides is 1. The van der Waals surface area contributed by atoms with Gasteiger partial charge in [-0.15, -0.1) is 0 Å². The number of benzene rings is 3. The number of hydrogen-bond acceptors (Lipinski definition) is 3. The highest BCUT2D eigenvalue weighted by Gasteiger charge is 2.27. The lowest BCUT2D eigenvalue weighted by molar-refractivity contribution is -0.123. The Hall–Kier alpha value is -2.00. The zero-order valence-electron chi connectivity index (χ0n) is 16.8. The Morgan fingerprint density at radius 3 is 2.23 bits per heavy atom. The van der Waals surface area contributed by atoms with E-state index in [-0.39, 0.29) is 17.4 Å². The zero-order chi connectivity index (χ0) is 22.4. The van der Waals surface area contributed by atoms with Crippen molar-refractivity contribution in [2.45, 2.75) is 30.3 Å². The Bertz CT molecular complexity index is 1140. The average molecular weight is 566 g/mol. The number of amides is 1. The van der Waals surface area contributed by atoms with Crippen molar-refractivity contribution in [1.82, 2.24) is 10.0 Å². The van der Waals surface area contributed by atoms with Gasteiger partial charge in [0.2, 0.25) is 15.9 Å². The van der Waals surface area contributed by atoms with Crippen LogP contribution in [-0.2, 0) is 21.2 Å². The monoisotopic (exact) mass is 564 g/mol. The first-order chi connectivity index (χ1) is 14.7. The molecule has 0 saturated carbocycles. The summed E-state index contributed by atoms with van der Waals surface area (Å²) in [7, 11) is -3.89. The second kappa shape index (κ2) is 10.5. The van der Waals surface area contributed by atoms with Gasteiger partial charge in [-0.2, -0.15) is 4.72 Å². The van der Waals surface area contributed by atoms with Gasteiger partial charge in [0.1, 0.15) is 6.04 Å². The summed E-state index contributed by atoms with van der Waals surface area (Å²) >= 11 is 6.73. The summed E-state index contributed by atoms with van der Waals surface area (Å²) in [6, 6.07) is 22.0. The molecule has 0 aromatic heterocycles. The third-order valence-corrected chi connectivity index (χ3v) is 7.24. The lowest BCUT2D eigenvalue weighted by Gasteiger charge is -2.22. The van der Waals surface area contributed by atoms with E-state index >= 15 is 0 Å². The lowest BCUT2D eigenvalue weighted by atomic mass is 10.0. The van der Waals surface area contributed by atoms with E-state index in [2.05, 4.69) is 41.9 Å². The molecular weight excluding hydrogens is 544 g/mol. The van der Waals surface area contributed by atoms with Crippen LogP contribution in [0.5, 0.6) is 0 Å². The summed E-state index contributed by atoms with van der Waals surface area (Å²) in [4.78, 5) is 13.2. The fourth-order valence-electron chi connectivity index (χ4n) is 3.08. The van der Waals surface area contributed by atoms with E-state index in [1.807, 2.05) is 61.5 Å². The highest BCUT2D eigenvalue weighted by Crippen LogP contribution is 2.19. The summed E-state index contributed by atoms with van der Waals surface area (Å²) in [6.07, 6.45) is 0.230. The fourth-order valence-corrected chi connectivity index (χ4v) is 4.96. The van der Waals surface area contributed by atoms with Gasteiger partial charge in [-0.05, 0) is 60.9 Å². The third-order valence-electron chi connectivity index (χ3n) is 4.73. The largest absolute Gasteiger partial charge is 0.348 e. The molecule has 0 spiro atoms. The normalized spacial score (nSPS) is 13.4. The van der Waals surface area contributed by atoms with Gasteiger partial charge < -0.3 is 5.32 Å². The first kappa shape index (κ1) is 23.7. The summed E-state index contributed by atoms with van der Waals surface area (Å²) in [5.74, 6) is -0.392. The van der Waals surface area contributed by atoms with Crippen LogP contribution >= 0.6 is 31.9 Å². The van der Waals surface area contributed by atoms with E-state index in [0.29, 0.717) is 0 Å². The number of hydrogen-bond donors (Lipinski definition) is 2. The highest BCUT2D eigenvalue weighted by atomic mass is 79.9. The SMILES string of the molecule is C[C@H](NC(=O)[C@@H](Cc1ccccc1)NS(=O)(=O)c1ccc(Br)cc1)c1cccc(Br)c1. The van der Waals surface area contributed by atoms with E-state index < -0.39 is 22.0 Å². The number of nitrogens with one attached hydrogen (secondary N) is 2. The first-order valence-corrected chi connectivity index (χ1v) is 12.7. The third kappa shape index (κ3) is 6.74. The minimum absolute atomic E-state index is 0.0987. The molecule has 0 unspecified atom stereocenters. The van der Waals surface area contributed by atoms with Gasteiger partial charge in [0.15, 0.2) is 0 Å². The Morgan fingerprint density at radius 1 is 0.903 bits per heavy atom.